The van der Waals surface area contributed by atoms with E-state index in [0.717, 1.165) is 5.56 Å². The summed E-state index contributed by atoms with van der Waals surface area (Å²) in [6.45, 7) is 2.57. The van der Waals surface area contributed by atoms with Gasteiger partial charge in [-0.3, -0.25) is 4.79 Å². The largest absolute Gasteiger partial charge is 0.493 e. The van der Waals surface area contributed by atoms with Crippen molar-refractivity contribution in [2.24, 2.45) is 5.10 Å². The lowest BCUT2D eigenvalue weighted by atomic mass is 10.2. The van der Waals surface area contributed by atoms with Gasteiger partial charge in [-0.1, -0.05) is 12.1 Å². The first-order valence-electron chi connectivity index (χ1n) is 9.91. The molecule has 0 heterocycles. The van der Waals surface area contributed by atoms with Gasteiger partial charge in [0.05, 0.1) is 28.9 Å². The summed E-state index contributed by atoms with van der Waals surface area (Å²) < 4.78 is 31.2. The van der Waals surface area contributed by atoms with Crippen LogP contribution in [0.4, 0.5) is 4.39 Å². The molecule has 0 spiro atoms. The monoisotopic (exact) mass is 578 g/mol. The van der Waals surface area contributed by atoms with Crippen LogP contribution in [0.25, 0.3) is 0 Å². The zero-order valence-electron chi connectivity index (χ0n) is 17.9. The van der Waals surface area contributed by atoms with E-state index >= 15 is 0 Å². The zero-order valence-corrected chi connectivity index (χ0v) is 21.1. The molecule has 0 bridgehead atoms. The molecule has 0 unspecified atom stereocenters. The van der Waals surface area contributed by atoms with Crippen molar-refractivity contribution in [1.82, 2.24) is 5.43 Å². The number of hydrazone groups is 1. The van der Waals surface area contributed by atoms with E-state index in [1.165, 1.54) is 25.5 Å². The molecular weight excluding hydrogens is 559 g/mol. The van der Waals surface area contributed by atoms with Crippen molar-refractivity contribution in [3.8, 4) is 17.2 Å². The molecule has 9 heteroatoms. The van der Waals surface area contributed by atoms with E-state index < -0.39 is 0 Å². The predicted octanol–water partition coefficient (Wildman–Crippen LogP) is 6.10. The highest BCUT2D eigenvalue weighted by atomic mass is 79.9. The fraction of sp³-hybridized carbons (Fsp3) is 0.167. The van der Waals surface area contributed by atoms with Crippen molar-refractivity contribution in [2.45, 2.75) is 13.5 Å². The maximum Gasteiger partial charge on any atom is 0.271 e. The molecule has 1 N–H and O–H groups in total. The smallest absolute Gasteiger partial charge is 0.271 e. The van der Waals surface area contributed by atoms with E-state index in [1.54, 1.807) is 42.5 Å². The van der Waals surface area contributed by atoms with Crippen LogP contribution in [0.1, 0.15) is 28.4 Å². The highest BCUT2D eigenvalue weighted by molar-refractivity contribution is 9.11. The number of carbonyl (C=O) groups is 1. The normalized spacial score (nSPS) is 10.8. The van der Waals surface area contributed by atoms with E-state index in [2.05, 4.69) is 42.4 Å². The molecule has 0 atom stereocenters. The van der Waals surface area contributed by atoms with Crippen molar-refractivity contribution in [3.05, 3.63) is 86.1 Å². The Hall–Kier alpha value is -2.91. The van der Waals surface area contributed by atoms with Crippen LogP contribution in [0.15, 0.2) is 68.6 Å². The van der Waals surface area contributed by atoms with Crippen LogP contribution in [0.2, 0.25) is 0 Å². The summed E-state index contributed by atoms with van der Waals surface area (Å²) in [7, 11) is 1.51. The first-order valence-corrected chi connectivity index (χ1v) is 11.5. The SMILES string of the molecule is CCOc1ccc(C(=O)N/N=C/c2cc(Br)c(OCc3cccc(F)c3)c(Br)c2)cc1OC. The van der Waals surface area contributed by atoms with Gasteiger partial charge in [0.2, 0.25) is 0 Å². The molecule has 33 heavy (non-hydrogen) atoms. The van der Waals surface area contributed by atoms with Crippen LogP contribution < -0.4 is 19.6 Å². The summed E-state index contributed by atoms with van der Waals surface area (Å²) in [6, 6.07) is 14.7. The quantitative estimate of drug-likeness (QED) is 0.246. The molecular formula is C24H21Br2FN2O4. The highest BCUT2D eigenvalue weighted by Crippen LogP contribution is 2.35. The number of hydrogen-bond donors (Lipinski definition) is 1. The number of ether oxygens (including phenoxy) is 3. The van der Waals surface area contributed by atoms with Gasteiger partial charge in [0.15, 0.2) is 11.5 Å². The third kappa shape index (κ3) is 6.79. The number of halogens is 3. The van der Waals surface area contributed by atoms with Gasteiger partial charge < -0.3 is 14.2 Å². The van der Waals surface area contributed by atoms with Crippen molar-refractivity contribution in [2.75, 3.05) is 13.7 Å². The summed E-state index contributed by atoms with van der Waals surface area (Å²) in [4.78, 5) is 12.4. The van der Waals surface area contributed by atoms with Gasteiger partial charge in [-0.15, -0.1) is 0 Å². The number of hydrogen-bond acceptors (Lipinski definition) is 5. The number of nitrogens with one attached hydrogen (secondary N) is 1. The number of nitrogens with zero attached hydrogens (tertiary/aromatic N) is 1. The zero-order chi connectivity index (χ0) is 23.8. The molecule has 6 nitrogen and oxygen atoms in total. The first-order chi connectivity index (χ1) is 15.9. The van der Waals surface area contributed by atoms with Crippen LogP contribution >= 0.6 is 31.9 Å². The van der Waals surface area contributed by atoms with Crippen molar-refractivity contribution < 1.29 is 23.4 Å². The Kier molecular flexibility index (Phi) is 8.85. The second kappa shape index (κ2) is 11.8. The molecule has 0 aliphatic carbocycles. The molecule has 1 amide bonds. The molecule has 0 aromatic heterocycles. The number of methoxy groups -OCH3 is 1. The van der Waals surface area contributed by atoms with Gasteiger partial charge in [0.25, 0.3) is 5.91 Å². The molecule has 0 aliphatic heterocycles. The second-order valence-corrected chi connectivity index (χ2v) is 8.44. The minimum absolute atomic E-state index is 0.212. The Morgan fingerprint density at radius 3 is 2.48 bits per heavy atom. The number of carbonyl (C=O) groups excluding carboxylic acids is 1. The van der Waals surface area contributed by atoms with Gasteiger partial charge in [0.1, 0.15) is 18.2 Å². The molecule has 3 rings (SSSR count). The fourth-order valence-electron chi connectivity index (χ4n) is 2.89. The Labute approximate surface area is 208 Å². The van der Waals surface area contributed by atoms with Crippen LogP contribution in [0.5, 0.6) is 17.2 Å². The molecule has 3 aromatic carbocycles. The third-order valence-corrected chi connectivity index (χ3v) is 5.58. The highest BCUT2D eigenvalue weighted by Gasteiger charge is 2.12. The summed E-state index contributed by atoms with van der Waals surface area (Å²) in [5, 5.41) is 4.03. The standard InChI is InChI=1S/C24H21Br2FN2O4/c1-3-32-21-8-7-17(12-22(21)31-2)24(30)29-28-13-16-10-19(25)23(20(26)11-16)33-14-15-5-4-6-18(27)9-15/h4-13H,3,14H2,1-2H3,(H,29,30)/b28-13+. The summed E-state index contributed by atoms with van der Waals surface area (Å²) in [5.41, 5.74) is 4.31. The maximum absolute atomic E-state index is 13.3. The van der Waals surface area contributed by atoms with E-state index in [-0.39, 0.29) is 18.3 Å². The van der Waals surface area contributed by atoms with E-state index in [9.17, 15) is 9.18 Å². The van der Waals surface area contributed by atoms with Crippen LogP contribution in [-0.4, -0.2) is 25.8 Å². The minimum Gasteiger partial charge on any atom is -0.493 e. The third-order valence-electron chi connectivity index (χ3n) is 4.40. The Morgan fingerprint density at radius 1 is 1.06 bits per heavy atom. The lowest BCUT2D eigenvalue weighted by Gasteiger charge is -2.11. The van der Waals surface area contributed by atoms with Crippen molar-refractivity contribution in [3.63, 3.8) is 0 Å². The van der Waals surface area contributed by atoms with Crippen molar-refractivity contribution in [1.29, 1.82) is 0 Å². The lowest BCUT2D eigenvalue weighted by molar-refractivity contribution is 0.0954. The summed E-state index contributed by atoms with van der Waals surface area (Å²) in [5.74, 6) is 0.902. The average Bonchev–Trinajstić information content (AvgIpc) is 2.79. The van der Waals surface area contributed by atoms with E-state index in [1.807, 2.05) is 6.92 Å². The molecule has 3 aromatic rings. The first kappa shape index (κ1) is 24.7. The topological polar surface area (TPSA) is 69.2 Å². The van der Waals surface area contributed by atoms with Crippen molar-refractivity contribution >= 4 is 44.0 Å². The van der Waals surface area contributed by atoms with Crippen LogP contribution in [0.3, 0.4) is 0 Å². The Morgan fingerprint density at radius 2 is 1.82 bits per heavy atom. The van der Waals surface area contributed by atoms with E-state index in [4.69, 9.17) is 14.2 Å². The molecule has 0 saturated carbocycles. The Bertz CT molecular complexity index is 1150. The molecule has 172 valence electrons. The van der Waals surface area contributed by atoms with Gasteiger partial charge >= 0.3 is 0 Å². The second-order valence-electron chi connectivity index (χ2n) is 6.73. The number of benzene rings is 3. The molecule has 0 radical (unpaired) electrons. The number of rotatable bonds is 9. The van der Waals surface area contributed by atoms with Gasteiger partial charge in [-0.2, -0.15) is 5.10 Å². The van der Waals surface area contributed by atoms with Crippen LogP contribution in [0, 0.1) is 5.82 Å². The minimum atomic E-state index is -0.388. The average molecular weight is 580 g/mol. The van der Waals surface area contributed by atoms with Gasteiger partial charge in [0, 0.05) is 5.56 Å². The van der Waals surface area contributed by atoms with Crippen LogP contribution in [-0.2, 0) is 6.61 Å². The molecule has 0 aliphatic rings. The Balaban J connectivity index is 1.64. The molecule has 0 fully saturated rings. The predicted molar refractivity (Wildman–Crippen MR) is 132 cm³/mol. The summed E-state index contributed by atoms with van der Waals surface area (Å²) >= 11 is 6.95. The fourth-order valence-corrected chi connectivity index (χ4v) is 4.34. The van der Waals surface area contributed by atoms with E-state index in [0.29, 0.717) is 43.9 Å². The van der Waals surface area contributed by atoms with Gasteiger partial charge in [-0.05, 0) is 92.4 Å². The van der Waals surface area contributed by atoms with Gasteiger partial charge in [-0.25, -0.2) is 9.82 Å². The number of amides is 1. The lowest BCUT2D eigenvalue weighted by Crippen LogP contribution is -2.17. The summed E-state index contributed by atoms with van der Waals surface area (Å²) in [6.07, 6.45) is 1.51. The maximum atomic E-state index is 13.3. The molecule has 0 saturated heterocycles.